The van der Waals surface area contributed by atoms with Gasteiger partial charge in [0.15, 0.2) is 5.78 Å². The quantitative estimate of drug-likeness (QED) is 0.836. The zero-order chi connectivity index (χ0) is 13.4. The monoisotopic (exact) mass is 275 g/mol. The van der Waals surface area contributed by atoms with Crippen molar-refractivity contribution < 1.29 is 9.32 Å². The number of thioether (sulfide) groups is 1. The van der Waals surface area contributed by atoms with Crippen molar-refractivity contribution in [2.75, 3.05) is 11.5 Å². The fraction of sp³-hybridized carbons (Fsp3) is 0.385. The summed E-state index contributed by atoms with van der Waals surface area (Å²) in [6.07, 6.45) is 1.77. The molecule has 2 aromatic heterocycles. The van der Waals surface area contributed by atoms with Crippen LogP contribution >= 0.6 is 11.8 Å². The molecular weight excluding hydrogens is 262 g/mol. The van der Waals surface area contributed by atoms with E-state index in [-0.39, 0.29) is 11.7 Å². The van der Waals surface area contributed by atoms with Crippen LogP contribution in [0.4, 0.5) is 0 Å². The summed E-state index contributed by atoms with van der Waals surface area (Å²) in [5.41, 5.74) is 2.80. The maximum Gasteiger partial charge on any atom is 0.238 e. The summed E-state index contributed by atoms with van der Waals surface area (Å²) in [5.74, 6) is 2.03. The van der Waals surface area contributed by atoms with Gasteiger partial charge in [0.25, 0.3) is 0 Å². The lowest BCUT2D eigenvalue weighted by atomic mass is 10.1. The Balaban J connectivity index is 1.94. The number of Topliss-reactive ketones (excluding diaryl/α,β-unsaturated/α-hetero) is 1. The van der Waals surface area contributed by atoms with Crippen LogP contribution in [0.15, 0.2) is 16.8 Å². The molecule has 1 unspecified atom stereocenters. The predicted molar refractivity (Wildman–Crippen MR) is 72.1 cm³/mol. The van der Waals surface area contributed by atoms with Crippen LogP contribution in [0.2, 0.25) is 0 Å². The lowest BCUT2D eigenvalue weighted by molar-refractivity contribution is -0.117. The molecular formula is C13H13N3O2S. The highest BCUT2D eigenvalue weighted by molar-refractivity contribution is 8.00. The summed E-state index contributed by atoms with van der Waals surface area (Å²) in [5, 5.41) is 3.95. The Morgan fingerprint density at radius 3 is 2.95 bits per heavy atom. The van der Waals surface area contributed by atoms with Gasteiger partial charge in [-0.05, 0) is 25.0 Å². The van der Waals surface area contributed by atoms with Crippen LogP contribution in [0, 0.1) is 13.8 Å². The zero-order valence-electron chi connectivity index (χ0n) is 10.7. The second-order valence-electron chi connectivity index (χ2n) is 4.67. The van der Waals surface area contributed by atoms with E-state index in [1.54, 1.807) is 18.0 Å². The first-order valence-electron chi connectivity index (χ1n) is 6.03. The number of nitrogens with zero attached hydrogens (tertiary/aromatic N) is 3. The van der Waals surface area contributed by atoms with Crippen molar-refractivity contribution >= 4 is 17.5 Å². The van der Waals surface area contributed by atoms with Gasteiger partial charge < -0.3 is 4.52 Å². The van der Waals surface area contributed by atoms with Crippen molar-refractivity contribution in [2.24, 2.45) is 0 Å². The molecule has 0 spiro atoms. The topological polar surface area (TPSA) is 68.9 Å². The van der Waals surface area contributed by atoms with Crippen molar-refractivity contribution in [1.29, 1.82) is 0 Å². The van der Waals surface area contributed by atoms with Crippen molar-refractivity contribution in [3.05, 3.63) is 29.3 Å². The Labute approximate surface area is 114 Å². The Morgan fingerprint density at radius 1 is 1.42 bits per heavy atom. The SMILES string of the molecule is Cc1cnc(-c2noc(C3CSCC3=O)n2)c(C)c1. The first kappa shape index (κ1) is 12.3. The summed E-state index contributed by atoms with van der Waals surface area (Å²) >= 11 is 1.60. The molecule has 0 bridgehead atoms. The molecule has 0 amide bonds. The van der Waals surface area contributed by atoms with Gasteiger partial charge in [0, 0.05) is 11.9 Å². The number of hydrogen-bond acceptors (Lipinski definition) is 6. The van der Waals surface area contributed by atoms with Gasteiger partial charge in [0.1, 0.15) is 11.6 Å². The summed E-state index contributed by atoms with van der Waals surface area (Å²) in [6, 6.07) is 2.02. The van der Waals surface area contributed by atoms with Gasteiger partial charge in [-0.15, -0.1) is 0 Å². The van der Waals surface area contributed by atoms with Crippen molar-refractivity contribution in [3.8, 4) is 11.5 Å². The minimum absolute atomic E-state index is 0.161. The summed E-state index contributed by atoms with van der Waals surface area (Å²) in [6.45, 7) is 3.95. The normalized spacial score (nSPS) is 19.1. The van der Waals surface area contributed by atoms with Crippen LogP contribution in [0.25, 0.3) is 11.5 Å². The van der Waals surface area contributed by atoms with Crippen LogP contribution in [-0.4, -0.2) is 32.4 Å². The van der Waals surface area contributed by atoms with Crippen molar-refractivity contribution in [2.45, 2.75) is 19.8 Å². The third kappa shape index (κ3) is 2.28. The van der Waals surface area contributed by atoms with E-state index in [4.69, 9.17) is 4.52 Å². The molecule has 0 N–H and O–H groups in total. The van der Waals surface area contributed by atoms with E-state index < -0.39 is 0 Å². The second-order valence-corrected chi connectivity index (χ2v) is 5.70. The average molecular weight is 275 g/mol. The smallest absolute Gasteiger partial charge is 0.238 e. The van der Waals surface area contributed by atoms with Gasteiger partial charge in [-0.1, -0.05) is 11.2 Å². The van der Waals surface area contributed by atoms with Gasteiger partial charge in [-0.25, -0.2) is 0 Å². The highest BCUT2D eigenvalue weighted by Crippen LogP contribution is 2.30. The van der Waals surface area contributed by atoms with Crippen LogP contribution in [0.5, 0.6) is 0 Å². The van der Waals surface area contributed by atoms with E-state index in [9.17, 15) is 4.79 Å². The minimum Gasteiger partial charge on any atom is -0.338 e. The Kier molecular flexibility index (Phi) is 3.10. The van der Waals surface area contributed by atoms with E-state index >= 15 is 0 Å². The second kappa shape index (κ2) is 4.77. The number of hydrogen-bond donors (Lipinski definition) is 0. The maximum absolute atomic E-state index is 11.7. The average Bonchev–Trinajstić information content (AvgIpc) is 2.97. The molecule has 3 rings (SSSR count). The number of carbonyl (C=O) groups is 1. The lowest BCUT2D eigenvalue weighted by Gasteiger charge is -2.00. The molecule has 0 aliphatic carbocycles. The van der Waals surface area contributed by atoms with Crippen LogP contribution in [-0.2, 0) is 4.79 Å². The highest BCUT2D eigenvalue weighted by atomic mass is 32.2. The number of rotatable bonds is 2. The van der Waals surface area contributed by atoms with Crippen LogP contribution < -0.4 is 0 Å². The fourth-order valence-electron chi connectivity index (χ4n) is 2.10. The minimum atomic E-state index is -0.253. The van der Waals surface area contributed by atoms with E-state index in [1.165, 1.54) is 0 Å². The first-order valence-corrected chi connectivity index (χ1v) is 7.18. The molecule has 98 valence electrons. The molecule has 0 aromatic carbocycles. The lowest BCUT2D eigenvalue weighted by Crippen LogP contribution is -2.09. The van der Waals surface area contributed by atoms with E-state index in [1.807, 2.05) is 19.9 Å². The number of aromatic nitrogens is 3. The Bertz CT molecular complexity index is 639. The van der Waals surface area contributed by atoms with Gasteiger partial charge in [-0.2, -0.15) is 16.7 Å². The van der Waals surface area contributed by atoms with Gasteiger partial charge >= 0.3 is 0 Å². The number of aryl methyl sites for hydroxylation is 2. The maximum atomic E-state index is 11.7. The van der Waals surface area contributed by atoms with Crippen molar-refractivity contribution in [3.63, 3.8) is 0 Å². The molecule has 1 aliphatic rings. The third-order valence-corrected chi connectivity index (χ3v) is 4.14. The first-order chi connectivity index (χ1) is 9.15. The molecule has 5 nitrogen and oxygen atoms in total. The van der Waals surface area contributed by atoms with E-state index in [0.717, 1.165) is 16.9 Å². The third-order valence-electron chi connectivity index (χ3n) is 3.08. The fourth-order valence-corrected chi connectivity index (χ4v) is 3.19. The Hall–Kier alpha value is -1.69. The summed E-state index contributed by atoms with van der Waals surface area (Å²) in [7, 11) is 0. The van der Waals surface area contributed by atoms with Crippen LogP contribution in [0.3, 0.4) is 0 Å². The zero-order valence-corrected chi connectivity index (χ0v) is 11.5. The number of carbonyl (C=O) groups excluding carboxylic acids is 1. The molecule has 2 aromatic rings. The van der Waals surface area contributed by atoms with Crippen molar-refractivity contribution in [1.82, 2.24) is 15.1 Å². The predicted octanol–water partition coefficient (Wildman–Crippen LogP) is 2.15. The molecule has 19 heavy (non-hydrogen) atoms. The molecule has 1 aliphatic heterocycles. The Morgan fingerprint density at radius 2 is 2.26 bits per heavy atom. The molecule has 1 fully saturated rings. The summed E-state index contributed by atoms with van der Waals surface area (Å²) < 4.78 is 5.22. The molecule has 1 atom stereocenters. The molecule has 1 saturated heterocycles. The van der Waals surface area contributed by atoms with E-state index in [2.05, 4.69) is 15.1 Å². The standard InChI is InChI=1S/C13H13N3O2S/c1-7-3-8(2)11(14-4-7)12-15-13(18-16-12)9-5-19-6-10(9)17/h3-4,9H,5-6H2,1-2H3. The largest absolute Gasteiger partial charge is 0.338 e. The highest BCUT2D eigenvalue weighted by Gasteiger charge is 2.31. The molecule has 3 heterocycles. The number of pyridine rings is 1. The van der Waals surface area contributed by atoms with Gasteiger partial charge in [-0.3, -0.25) is 9.78 Å². The summed E-state index contributed by atoms with van der Waals surface area (Å²) in [4.78, 5) is 20.3. The van der Waals surface area contributed by atoms with Gasteiger partial charge in [0.2, 0.25) is 11.7 Å². The molecule has 0 saturated carbocycles. The number of ketones is 1. The molecule has 6 heteroatoms. The van der Waals surface area contributed by atoms with Crippen LogP contribution in [0.1, 0.15) is 22.9 Å². The van der Waals surface area contributed by atoms with E-state index in [0.29, 0.717) is 23.2 Å². The molecule has 0 radical (unpaired) electrons. The van der Waals surface area contributed by atoms with Gasteiger partial charge in [0.05, 0.1) is 5.75 Å².